The minimum absolute atomic E-state index is 0.493. The number of benzene rings is 2. The van der Waals surface area contributed by atoms with E-state index in [1.165, 1.54) is 0 Å². The van der Waals surface area contributed by atoms with Crippen LogP contribution in [0.1, 0.15) is 5.56 Å². The summed E-state index contributed by atoms with van der Waals surface area (Å²) in [4.78, 5) is 0. The highest BCUT2D eigenvalue weighted by Crippen LogP contribution is 2.31. The number of anilines is 1. The molecule has 0 unspecified atom stereocenters. The highest BCUT2D eigenvalue weighted by atomic mass is 35.5. The summed E-state index contributed by atoms with van der Waals surface area (Å²) in [6.07, 6.45) is 0. The Bertz CT molecular complexity index is 543. The molecule has 0 amide bonds. The topological polar surface area (TPSA) is 44.5 Å². The van der Waals surface area contributed by atoms with Crippen molar-refractivity contribution in [2.24, 2.45) is 0 Å². The van der Waals surface area contributed by atoms with E-state index in [0.29, 0.717) is 23.1 Å². The van der Waals surface area contributed by atoms with Gasteiger partial charge in [0.05, 0.1) is 11.6 Å². The number of hydrogen-bond donors (Lipinski definition) is 1. The molecule has 2 aromatic rings. The molecule has 18 heavy (non-hydrogen) atoms. The Morgan fingerprint density at radius 2 is 2.00 bits per heavy atom. The zero-order valence-corrected chi connectivity index (χ0v) is 10.8. The summed E-state index contributed by atoms with van der Waals surface area (Å²) in [5.74, 6) is 1.30. The van der Waals surface area contributed by atoms with Crippen LogP contribution in [0, 0.1) is 0 Å². The Morgan fingerprint density at radius 3 is 2.72 bits per heavy atom. The van der Waals surface area contributed by atoms with Crippen molar-refractivity contribution in [3.63, 3.8) is 0 Å². The first kappa shape index (κ1) is 12.7. The Kier molecular flexibility index (Phi) is 4.07. The average Bonchev–Trinajstić information content (AvgIpc) is 2.34. The molecule has 0 saturated carbocycles. The third kappa shape index (κ3) is 3.15. The zero-order valence-electron chi connectivity index (χ0n) is 10.0. The molecule has 3 nitrogen and oxygen atoms in total. The van der Waals surface area contributed by atoms with Crippen molar-refractivity contribution in [3.8, 4) is 11.5 Å². The molecule has 0 fully saturated rings. The smallest absolute Gasteiger partial charge is 0.146 e. The predicted octanol–water partition coefficient (Wildman–Crippen LogP) is 3.86. The van der Waals surface area contributed by atoms with Crippen molar-refractivity contribution in [2.75, 3.05) is 12.8 Å². The molecule has 0 atom stereocenters. The van der Waals surface area contributed by atoms with Crippen molar-refractivity contribution >= 4 is 17.3 Å². The number of nitrogen functional groups attached to an aromatic ring is 1. The van der Waals surface area contributed by atoms with Crippen molar-refractivity contribution < 1.29 is 9.47 Å². The largest absolute Gasteiger partial charge is 0.456 e. The molecule has 4 heteroatoms. The van der Waals surface area contributed by atoms with Gasteiger partial charge in [0.1, 0.15) is 11.5 Å². The Balaban J connectivity index is 2.20. The summed E-state index contributed by atoms with van der Waals surface area (Å²) >= 11 is 6.05. The Hall–Kier alpha value is -1.71. The number of halogens is 1. The Labute approximate surface area is 111 Å². The van der Waals surface area contributed by atoms with Crippen molar-refractivity contribution in [3.05, 3.63) is 53.1 Å². The highest BCUT2D eigenvalue weighted by molar-refractivity contribution is 6.32. The van der Waals surface area contributed by atoms with E-state index in [1.807, 2.05) is 24.3 Å². The van der Waals surface area contributed by atoms with Crippen LogP contribution < -0.4 is 10.5 Å². The van der Waals surface area contributed by atoms with Gasteiger partial charge in [0, 0.05) is 12.8 Å². The van der Waals surface area contributed by atoms with Gasteiger partial charge in [-0.2, -0.15) is 0 Å². The maximum atomic E-state index is 6.05. The van der Waals surface area contributed by atoms with Crippen LogP contribution in [0.2, 0.25) is 5.02 Å². The van der Waals surface area contributed by atoms with Crippen molar-refractivity contribution in [1.82, 2.24) is 0 Å². The fourth-order valence-corrected chi connectivity index (χ4v) is 1.82. The average molecular weight is 264 g/mol. The van der Waals surface area contributed by atoms with Crippen LogP contribution in [-0.2, 0) is 11.3 Å². The number of methoxy groups -OCH3 is 1. The first-order valence-corrected chi connectivity index (χ1v) is 5.87. The third-order valence-corrected chi connectivity index (χ3v) is 2.69. The standard InChI is InChI=1S/C14H14ClNO2/c1-17-9-10-3-2-4-12(7-10)18-14-6-5-11(16)8-13(14)15/h2-8H,9,16H2,1H3. The van der Waals surface area contributed by atoms with Gasteiger partial charge in [-0.3, -0.25) is 0 Å². The molecule has 0 saturated heterocycles. The van der Waals surface area contributed by atoms with Crippen molar-refractivity contribution in [1.29, 1.82) is 0 Å². The van der Waals surface area contributed by atoms with Gasteiger partial charge in [-0.1, -0.05) is 23.7 Å². The van der Waals surface area contributed by atoms with Crippen LogP contribution >= 0.6 is 11.6 Å². The lowest BCUT2D eigenvalue weighted by atomic mass is 10.2. The molecular weight excluding hydrogens is 250 g/mol. The van der Waals surface area contributed by atoms with Crippen LogP contribution in [0.4, 0.5) is 5.69 Å². The molecule has 0 heterocycles. The molecule has 2 rings (SSSR count). The number of ether oxygens (including phenoxy) is 2. The monoisotopic (exact) mass is 263 g/mol. The predicted molar refractivity (Wildman–Crippen MR) is 73.1 cm³/mol. The van der Waals surface area contributed by atoms with E-state index in [0.717, 1.165) is 11.3 Å². The minimum Gasteiger partial charge on any atom is -0.456 e. The van der Waals surface area contributed by atoms with E-state index < -0.39 is 0 Å². The summed E-state index contributed by atoms with van der Waals surface area (Å²) < 4.78 is 10.8. The van der Waals surface area contributed by atoms with E-state index in [1.54, 1.807) is 25.3 Å². The van der Waals surface area contributed by atoms with Crippen LogP contribution in [0.25, 0.3) is 0 Å². The third-order valence-electron chi connectivity index (χ3n) is 2.39. The van der Waals surface area contributed by atoms with Gasteiger partial charge in [-0.15, -0.1) is 0 Å². The summed E-state index contributed by atoms with van der Waals surface area (Å²) in [5.41, 5.74) is 7.28. The van der Waals surface area contributed by atoms with Crippen LogP contribution in [0.3, 0.4) is 0 Å². The summed E-state index contributed by atoms with van der Waals surface area (Å²) in [7, 11) is 1.66. The lowest BCUT2D eigenvalue weighted by Crippen LogP contribution is -1.91. The molecule has 0 spiro atoms. The first-order valence-electron chi connectivity index (χ1n) is 5.50. The van der Waals surface area contributed by atoms with Gasteiger partial charge in [-0.05, 0) is 35.9 Å². The normalized spacial score (nSPS) is 10.3. The van der Waals surface area contributed by atoms with Crippen LogP contribution in [-0.4, -0.2) is 7.11 Å². The van der Waals surface area contributed by atoms with Crippen molar-refractivity contribution in [2.45, 2.75) is 6.61 Å². The second-order valence-corrected chi connectivity index (χ2v) is 4.28. The summed E-state index contributed by atoms with van der Waals surface area (Å²) in [5, 5.41) is 0.493. The van der Waals surface area contributed by atoms with Crippen LogP contribution in [0.5, 0.6) is 11.5 Å². The molecule has 0 radical (unpaired) electrons. The van der Waals surface area contributed by atoms with E-state index in [9.17, 15) is 0 Å². The van der Waals surface area contributed by atoms with Gasteiger partial charge in [0.2, 0.25) is 0 Å². The number of nitrogens with two attached hydrogens (primary N) is 1. The maximum absolute atomic E-state index is 6.05. The van der Waals surface area contributed by atoms with E-state index in [2.05, 4.69) is 0 Å². The van der Waals surface area contributed by atoms with E-state index >= 15 is 0 Å². The molecule has 0 aliphatic rings. The minimum atomic E-state index is 0.493. The SMILES string of the molecule is COCc1cccc(Oc2ccc(N)cc2Cl)c1. The van der Waals surface area contributed by atoms with Crippen LogP contribution in [0.15, 0.2) is 42.5 Å². The fraction of sp³-hybridized carbons (Fsp3) is 0.143. The van der Waals surface area contributed by atoms with Gasteiger partial charge in [0.25, 0.3) is 0 Å². The first-order chi connectivity index (χ1) is 8.69. The maximum Gasteiger partial charge on any atom is 0.146 e. The molecule has 2 aromatic carbocycles. The Morgan fingerprint density at radius 1 is 1.17 bits per heavy atom. The van der Waals surface area contributed by atoms with Gasteiger partial charge in [-0.25, -0.2) is 0 Å². The van der Waals surface area contributed by atoms with Gasteiger partial charge >= 0.3 is 0 Å². The fourth-order valence-electron chi connectivity index (χ4n) is 1.59. The molecule has 0 bridgehead atoms. The summed E-state index contributed by atoms with van der Waals surface area (Å²) in [6, 6.07) is 12.8. The molecular formula is C14H14ClNO2. The molecule has 0 aliphatic heterocycles. The lowest BCUT2D eigenvalue weighted by Gasteiger charge is -2.09. The molecule has 0 aromatic heterocycles. The number of hydrogen-bond acceptors (Lipinski definition) is 3. The summed E-state index contributed by atoms with van der Waals surface area (Å²) in [6.45, 7) is 0.548. The van der Waals surface area contributed by atoms with Gasteiger partial charge < -0.3 is 15.2 Å². The second-order valence-electron chi connectivity index (χ2n) is 3.87. The van der Waals surface area contributed by atoms with E-state index in [-0.39, 0.29) is 0 Å². The molecule has 94 valence electrons. The second kappa shape index (κ2) is 5.76. The zero-order chi connectivity index (χ0) is 13.0. The lowest BCUT2D eigenvalue weighted by molar-refractivity contribution is 0.184. The molecule has 0 aliphatic carbocycles. The molecule has 2 N–H and O–H groups in total. The van der Waals surface area contributed by atoms with Gasteiger partial charge in [0.15, 0.2) is 0 Å². The quantitative estimate of drug-likeness (QED) is 0.852. The number of rotatable bonds is 4. The van der Waals surface area contributed by atoms with E-state index in [4.69, 9.17) is 26.8 Å². The highest BCUT2D eigenvalue weighted by Gasteiger charge is 2.04.